The fraction of sp³-hybridized carbons (Fsp3) is 0.667. The molecule has 11 heteroatoms. The zero-order valence-electron chi connectivity index (χ0n) is 17.1. The van der Waals surface area contributed by atoms with Crippen molar-refractivity contribution < 1.29 is 29.0 Å². The minimum Gasteiger partial charge on any atom is -0.480 e. The molecule has 29 heavy (non-hydrogen) atoms. The number of hydrogen-bond acceptors (Lipinski definition) is 7. The van der Waals surface area contributed by atoms with Crippen LogP contribution in [0, 0.1) is 5.92 Å². The molecular weight excluding hydrogens is 382 g/mol. The Morgan fingerprint density at radius 3 is 2.38 bits per heavy atom. The van der Waals surface area contributed by atoms with E-state index in [0.717, 1.165) is 4.90 Å². The molecule has 5 N–H and O–H groups in total. The molecule has 2 atom stereocenters. The summed E-state index contributed by atoms with van der Waals surface area (Å²) in [6, 6.07) is -2.11. The van der Waals surface area contributed by atoms with Gasteiger partial charge < -0.3 is 31.1 Å². The molecular formula is C18H31N5O6. The number of carboxylic acid groups (broad SMARTS) is 1. The largest absolute Gasteiger partial charge is 0.480 e. The molecule has 2 aliphatic rings. The van der Waals surface area contributed by atoms with Crippen molar-refractivity contribution >= 4 is 24.0 Å². The number of carbonyl (C=O) groups is 4. The van der Waals surface area contributed by atoms with E-state index in [1.54, 1.807) is 0 Å². The van der Waals surface area contributed by atoms with E-state index in [0.29, 0.717) is 25.2 Å². The first-order valence-electron chi connectivity index (χ1n) is 9.55. The first-order valence-corrected chi connectivity index (χ1v) is 9.55. The van der Waals surface area contributed by atoms with Gasteiger partial charge in [0, 0.05) is 19.6 Å². The van der Waals surface area contributed by atoms with Crippen LogP contribution in [0.1, 0.15) is 33.1 Å². The maximum absolute atomic E-state index is 12.4. The minimum atomic E-state index is -1.22. The van der Waals surface area contributed by atoms with Gasteiger partial charge in [-0.05, 0) is 12.8 Å². The number of carboxylic acids is 1. The number of nitrogens with one attached hydrogen (secondary N) is 2. The molecule has 0 aromatic carbocycles. The SMILES string of the molecule is C=C(N)NCCC[C@H]1C(=O)N(C(=O)N2CC(NC(=O)OC)C2)C1C(=O)O.CCC. The Balaban J connectivity index is 0.00000132. The third-order valence-corrected chi connectivity index (χ3v) is 4.38. The predicted octanol–water partition coefficient (Wildman–Crippen LogP) is 0.274. The third kappa shape index (κ3) is 6.26. The number of aliphatic carboxylic acids is 1. The van der Waals surface area contributed by atoms with Crippen molar-refractivity contribution in [3.8, 4) is 0 Å². The number of β-lactam (4-membered cyclic amide) rings is 1. The summed E-state index contributed by atoms with van der Waals surface area (Å²) < 4.78 is 4.46. The molecule has 2 heterocycles. The van der Waals surface area contributed by atoms with Gasteiger partial charge in [-0.3, -0.25) is 4.79 Å². The maximum atomic E-state index is 12.4. The maximum Gasteiger partial charge on any atom is 0.407 e. The van der Waals surface area contributed by atoms with Crippen LogP contribution in [-0.2, 0) is 14.3 Å². The van der Waals surface area contributed by atoms with Crippen LogP contribution in [0.3, 0.4) is 0 Å². The van der Waals surface area contributed by atoms with Gasteiger partial charge in [-0.25, -0.2) is 19.3 Å². The molecule has 4 amide bonds. The molecule has 0 saturated carbocycles. The summed E-state index contributed by atoms with van der Waals surface area (Å²) in [6.45, 7) is 8.58. The molecule has 0 bridgehead atoms. The smallest absolute Gasteiger partial charge is 0.407 e. The van der Waals surface area contributed by atoms with Gasteiger partial charge in [0.2, 0.25) is 5.91 Å². The molecule has 0 aromatic rings. The highest BCUT2D eigenvalue weighted by Crippen LogP contribution is 2.32. The Morgan fingerprint density at radius 2 is 1.90 bits per heavy atom. The van der Waals surface area contributed by atoms with E-state index in [2.05, 4.69) is 35.8 Å². The summed E-state index contributed by atoms with van der Waals surface area (Å²) in [6.07, 6.45) is 1.49. The Hall–Kier alpha value is -2.98. The molecule has 2 fully saturated rings. The molecule has 1 unspecified atom stereocenters. The van der Waals surface area contributed by atoms with Crippen molar-refractivity contribution in [2.24, 2.45) is 11.7 Å². The molecule has 2 rings (SSSR count). The first-order chi connectivity index (χ1) is 13.7. The van der Waals surface area contributed by atoms with Gasteiger partial charge in [0.25, 0.3) is 0 Å². The van der Waals surface area contributed by atoms with E-state index in [1.807, 2.05) is 0 Å². The van der Waals surface area contributed by atoms with Crippen molar-refractivity contribution in [3.05, 3.63) is 12.4 Å². The number of nitrogens with zero attached hydrogens (tertiary/aromatic N) is 2. The van der Waals surface area contributed by atoms with E-state index in [4.69, 9.17) is 5.73 Å². The summed E-state index contributed by atoms with van der Waals surface area (Å²) in [4.78, 5) is 49.3. The van der Waals surface area contributed by atoms with Crippen molar-refractivity contribution in [3.63, 3.8) is 0 Å². The topological polar surface area (TPSA) is 154 Å². The van der Waals surface area contributed by atoms with Crippen LogP contribution >= 0.6 is 0 Å². The van der Waals surface area contributed by atoms with Gasteiger partial charge in [-0.2, -0.15) is 0 Å². The van der Waals surface area contributed by atoms with E-state index >= 15 is 0 Å². The number of rotatable bonds is 7. The molecule has 164 valence electrons. The number of hydrogen-bond donors (Lipinski definition) is 4. The van der Waals surface area contributed by atoms with E-state index in [-0.39, 0.29) is 19.1 Å². The minimum absolute atomic E-state index is 0.192. The van der Waals surface area contributed by atoms with Crippen LogP contribution in [0.4, 0.5) is 9.59 Å². The monoisotopic (exact) mass is 413 g/mol. The molecule has 11 nitrogen and oxygen atoms in total. The van der Waals surface area contributed by atoms with Crippen molar-refractivity contribution in [1.29, 1.82) is 0 Å². The number of carbonyl (C=O) groups excluding carboxylic acids is 3. The number of methoxy groups -OCH3 is 1. The molecule has 2 saturated heterocycles. The lowest BCUT2D eigenvalue weighted by Gasteiger charge is -2.48. The van der Waals surface area contributed by atoms with Crippen LogP contribution in [0.25, 0.3) is 0 Å². The summed E-state index contributed by atoms with van der Waals surface area (Å²) >= 11 is 0. The number of amides is 4. The van der Waals surface area contributed by atoms with Crippen molar-refractivity contribution in [1.82, 2.24) is 20.4 Å². The van der Waals surface area contributed by atoms with Crippen molar-refractivity contribution in [2.75, 3.05) is 26.7 Å². The summed E-state index contributed by atoms with van der Waals surface area (Å²) in [5.74, 6) is -2.17. The quantitative estimate of drug-likeness (QED) is 0.343. The first kappa shape index (κ1) is 24.1. The van der Waals surface area contributed by atoms with Gasteiger partial charge in [0.05, 0.1) is 24.9 Å². The predicted molar refractivity (Wildman–Crippen MR) is 105 cm³/mol. The Kier molecular flexibility index (Phi) is 9.23. The van der Waals surface area contributed by atoms with Crippen LogP contribution in [0.2, 0.25) is 0 Å². The molecule has 0 aliphatic carbocycles. The van der Waals surface area contributed by atoms with Gasteiger partial charge in [-0.1, -0.05) is 26.8 Å². The highest BCUT2D eigenvalue weighted by molar-refractivity contribution is 6.07. The van der Waals surface area contributed by atoms with Crippen LogP contribution in [0.15, 0.2) is 12.4 Å². The summed E-state index contributed by atoms with van der Waals surface area (Å²) in [5, 5.41) is 14.7. The Bertz CT molecular complexity index is 634. The zero-order chi connectivity index (χ0) is 22.1. The van der Waals surface area contributed by atoms with Gasteiger partial charge in [0.1, 0.15) is 0 Å². The fourth-order valence-corrected chi connectivity index (χ4v) is 3.00. The standard InChI is InChI=1S/C15H23N5O6.C3H8/c1-8(16)17-5-3-4-10-11(13(22)23)20(12(10)21)15(25)19-6-9(7-19)18-14(24)26-2;1-3-2/h9-11,17H,1,3-7,16H2,2H3,(H,18,24)(H,22,23);3H2,1-2H3/t10-,11?;/m1./s1. The molecule has 2 aliphatic heterocycles. The molecule has 0 aromatic heterocycles. The lowest BCUT2D eigenvalue weighted by atomic mass is 9.83. The number of imide groups is 1. The number of alkyl carbamates (subject to hydrolysis) is 1. The average Bonchev–Trinajstić information content (AvgIpc) is 2.61. The van der Waals surface area contributed by atoms with Crippen LogP contribution < -0.4 is 16.4 Å². The highest BCUT2D eigenvalue weighted by atomic mass is 16.5. The zero-order valence-corrected chi connectivity index (χ0v) is 17.1. The summed E-state index contributed by atoms with van der Waals surface area (Å²) in [5.41, 5.74) is 5.37. The Morgan fingerprint density at radius 1 is 1.31 bits per heavy atom. The summed E-state index contributed by atoms with van der Waals surface area (Å²) in [7, 11) is 1.23. The second kappa shape index (κ2) is 11.1. The third-order valence-electron chi connectivity index (χ3n) is 4.38. The lowest BCUT2D eigenvalue weighted by Crippen LogP contribution is -2.72. The number of urea groups is 1. The van der Waals surface area contributed by atoms with Gasteiger partial charge in [0.15, 0.2) is 6.04 Å². The van der Waals surface area contributed by atoms with Crippen molar-refractivity contribution in [2.45, 2.75) is 45.2 Å². The normalized spacial score (nSPS) is 20.4. The van der Waals surface area contributed by atoms with Gasteiger partial charge >= 0.3 is 18.1 Å². The molecule has 0 radical (unpaired) electrons. The average molecular weight is 413 g/mol. The number of ether oxygens (including phenoxy) is 1. The second-order valence-corrected chi connectivity index (χ2v) is 6.92. The van der Waals surface area contributed by atoms with Gasteiger partial charge in [-0.15, -0.1) is 0 Å². The van der Waals surface area contributed by atoms with E-state index < -0.39 is 36.0 Å². The Labute approximate surface area is 170 Å². The highest BCUT2D eigenvalue weighted by Gasteiger charge is 2.56. The van der Waals surface area contributed by atoms with Crippen LogP contribution in [0.5, 0.6) is 0 Å². The van der Waals surface area contributed by atoms with E-state index in [1.165, 1.54) is 18.4 Å². The molecule has 0 spiro atoms. The second-order valence-electron chi connectivity index (χ2n) is 6.92. The lowest BCUT2D eigenvalue weighted by molar-refractivity contribution is -0.167. The number of likely N-dealkylation sites (tertiary alicyclic amines) is 2. The van der Waals surface area contributed by atoms with Crippen LogP contribution in [-0.4, -0.2) is 77.7 Å². The fourth-order valence-electron chi connectivity index (χ4n) is 3.00. The van der Waals surface area contributed by atoms with E-state index in [9.17, 15) is 24.3 Å². The number of nitrogens with two attached hydrogens (primary N) is 1.